The van der Waals surface area contributed by atoms with Gasteiger partial charge in [-0.2, -0.15) is 18.2 Å². The second kappa shape index (κ2) is 7.61. The molecule has 0 aliphatic carbocycles. The van der Waals surface area contributed by atoms with Crippen molar-refractivity contribution in [2.45, 2.75) is 19.5 Å². The summed E-state index contributed by atoms with van der Waals surface area (Å²) in [5.41, 5.74) is 1.23. The summed E-state index contributed by atoms with van der Waals surface area (Å²) in [5.74, 6) is 0.362. The molecule has 1 heterocycles. The average molecular weight is 375 g/mol. The van der Waals surface area contributed by atoms with E-state index in [9.17, 15) is 18.0 Å². The first-order valence-electron chi connectivity index (χ1n) is 8.18. The molecule has 0 aliphatic heterocycles. The van der Waals surface area contributed by atoms with Gasteiger partial charge in [-0.15, -0.1) is 0 Å². The highest BCUT2D eigenvalue weighted by Gasteiger charge is 2.30. The van der Waals surface area contributed by atoms with Crippen molar-refractivity contribution in [2.24, 2.45) is 0 Å². The van der Waals surface area contributed by atoms with Gasteiger partial charge in [0.25, 0.3) is 5.91 Å². The Morgan fingerprint density at radius 3 is 2.48 bits per heavy atom. The summed E-state index contributed by atoms with van der Waals surface area (Å²) in [6, 6.07) is 11.6. The van der Waals surface area contributed by atoms with Crippen LogP contribution in [0.25, 0.3) is 11.4 Å². The summed E-state index contributed by atoms with van der Waals surface area (Å²) in [7, 11) is 0. The van der Waals surface area contributed by atoms with Crippen LogP contribution in [0.5, 0.6) is 0 Å². The van der Waals surface area contributed by atoms with Gasteiger partial charge in [-0.05, 0) is 36.8 Å². The average Bonchev–Trinajstić information content (AvgIpc) is 3.10. The van der Waals surface area contributed by atoms with E-state index in [1.807, 2.05) is 31.2 Å². The number of rotatable bonds is 5. The van der Waals surface area contributed by atoms with Crippen molar-refractivity contribution in [3.05, 3.63) is 71.1 Å². The molecule has 0 radical (unpaired) electrons. The van der Waals surface area contributed by atoms with Gasteiger partial charge in [-0.1, -0.05) is 29.4 Å². The van der Waals surface area contributed by atoms with E-state index < -0.39 is 17.6 Å². The Hall–Kier alpha value is -3.16. The molecule has 3 aromatic rings. The van der Waals surface area contributed by atoms with E-state index in [-0.39, 0.29) is 12.1 Å². The van der Waals surface area contributed by atoms with Crippen LogP contribution < -0.4 is 5.32 Å². The van der Waals surface area contributed by atoms with Gasteiger partial charge in [0, 0.05) is 24.1 Å². The van der Waals surface area contributed by atoms with Crippen molar-refractivity contribution in [3.63, 3.8) is 0 Å². The Balaban J connectivity index is 1.56. The Morgan fingerprint density at radius 2 is 1.81 bits per heavy atom. The third kappa shape index (κ3) is 4.52. The molecule has 0 saturated carbocycles. The van der Waals surface area contributed by atoms with E-state index in [1.54, 1.807) is 0 Å². The number of nitrogens with one attached hydrogen (secondary N) is 1. The molecule has 0 unspecified atom stereocenters. The summed E-state index contributed by atoms with van der Waals surface area (Å²) >= 11 is 0. The van der Waals surface area contributed by atoms with Gasteiger partial charge in [0.05, 0.1) is 5.56 Å². The predicted molar refractivity (Wildman–Crippen MR) is 92.0 cm³/mol. The fourth-order valence-corrected chi connectivity index (χ4v) is 2.49. The molecule has 0 atom stereocenters. The zero-order valence-electron chi connectivity index (χ0n) is 14.4. The number of hydrogen-bond donors (Lipinski definition) is 1. The molecule has 2 aromatic carbocycles. The van der Waals surface area contributed by atoms with E-state index in [0.29, 0.717) is 18.1 Å². The summed E-state index contributed by atoms with van der Waals surface area (Å²) < 4.78 is 42.8. The SMILES string of the molecule is Cc1ccccc1-c1noc(CCNC(=O)c2ccc(C(F)(F)F)cc2)n1. The monoisotopic (exact) mass is 375 g/mol. The molecule has 140 valence electrons. The van der Waals surface area contributed by atoms with E-state index >= 15 is 0 Å². The topological polar surface area (TPSA) is 68.0 Å². The Bertz CT molecular complexity index is 934. The second-order valence-corrected chi connectivity index (χ2v) is 5.91. The van der Waals surface area contributed by atoms with Gasteiger partial charge in [0.15, 0.2) is 0 Å². The zero-order valence-corrected chi connectivity index (χ0v) is 14.4. The van der Waals surface area contributed by atoms with Gasteiger partial charge < -0.3 is 9.84 Å². The lowest BCUT2D eigenvalue weighted by molar-refractivity contribution is -0.137. The Morgan fingerprint density at radius 1 is 1.11 bits per heavy atom. The lowest BCUT2D eigenvalue weighted by Gasteiger charge is -2.07. The Labute approximate surface area is 153 Å². The highest BCUT2D eigenvalue weighted by Crippen LogP contribution is 2.29. The first kappa shape index (κ1) is 18.6. The van der Waals surface area contributed by atoms with E-state index in [4.69, 9.17) is 4.52 Å². The van der Waals surface area contributed by atoms with Crippen molar-refractivity contribution >= 4 is 5.91 Å². The van der Waals surface area contributed by atoms with Crippen molar-refractivity contribution in [1.29, 1.82) is 0 Å². The minimum absolute atomic E-state index is 0.147. The molecule has 3 rings (SSSR count). The molecule has 0 saturated heterocycles. The highest BCUT2D eigenvalue weighted by molar-refractivity contribution is 5.94. The maximum Gasteiger partial charge on any atom is 0.416 e. The molecular formula is C19H16F3N3O2. The summed E-state index contributed by atoms with van der Waals surface area (Å²) in [5, 5.41) is 6.55. The number of halogens is 3. The van der Waals surface area contributed by atoms with Crippen LogP contribution in [0.3, 0.4) is 0 Å². The van der Waals surface area contributed by atoms with Crippen LogP contribution >= 0.6 is 0 Å². The molecule has 27 heavy (non-hydrogen) atoms. The van der Waals surface area contributed by atoms with Gasteiger partial charge in [-0.3, -0.25) is 4.79 Å². The standard InChI is InChI=1S/C19H16F3N3O2/c1-12-4-2-3-5-15(12)17-24-16(27-25-17)10-11-23-18(26)13-6-8-14(9-7-13)19(20,21)22/h2-9H,10-11H2,1H3,(H,23,26). The summed E-state index contributed by atoms with van der Waals surface area (Å²) in [4.78, 5) is 16.3. The number of nitrogens with zero attached hydrogens (tertiary/aromatic N) is 2. The van der Waals surface area contributed by atoms with Crippen LogP contribution in [0.15, 0.2) is 53.1 Å². The third-order valence-electron chi connectivity index (χ3n) is 3.95. The van der Waals surface area contributed by atoms with Crippen molar-refractivity contribution < 1.29 is 22.5 Å². The number of hydrogen-bond acceptors (Lipinski definition) is 4. The number of aryl methyl sites for hydroxylation is 1. The second-order valence-electron chi connectivity index (χ2n) is 5.91. The summed E-state index contributed by atoms with van der Waals surface area (Å²) in [6.07, 6.45) is -4.12. The van der Waals surface area contributed by atoms with Gasteiger partial charge in [0.1, 0.15) is 0 Å². The molecular weight excluding hydrogens is 359 g/mol. The molecule has 0 bridgehead atoms. The quantitative estimate of drug-likeness (QED) is 0.731. The van der Waals surface area contributed by atoms with Crippen molar-refractivity contribution in [1.82, 2.24) is 15.5 Å². The molecule has 8 heteroatoms. The maximum absolute atomic E-state index is 12.5. The van der Waals surface area contributed by atoms with E-state index in [0.717, 1.165) is 35.4 Å². The third-order valence-corrected chi connectivity index (χ3v) is 3.95. The first-order chi connectivity index (χ1) is 12.8. The molecule has 1 amide bonds. The molecule has 5 nitrogen and oxygen atoms in total. The number of carbonyl (C=O) groups is 1. The van der Waals surface area contributed by atoms with E-state index in [2.05, 4.69) is 15.5 Å². The van der Waals surface area contributed by atoms with Crippen LogP contribution in [0.1, 0.15) is 27.4 Å². The summed E-state index contributed by atoms with van der Waals surface area (Å²) in [6.45, 7) is 2.16. The molecule has 0 fully saturated rings. The minimum atomic E-state index is -4.43. The van der Waals surface area contributed by atoms with Crippen LogP contribution in [-0.4, -0.2) is 22.6 Å². The normalized spacial score (nSPS) is 11.4. The number of carbonyl (C=O) groups excluding carboxylic acids is 1. The van der Waals surface area contributed by atoms with Gasteiger partial charge in [-0.25, -0.2) is 0 Å². The fraction of sp³-hybridized carbons (Fsp3) is 0.211. The number of aromatic nitrogens is 2. The van der Waals surface area contributed by atoms with Gasteiger partial charge in [0.2, 0.25) is 11.7 Å². The lowest BCUT2D eigenvalue weighted by Crippen LogP contribution is -2.25. The Kier molecular flexibility index (Phi) is 5.25. The van der Waals surface area contributed by atoms with Gasteiger partial charge >= 0.3 is 6.18 Å². The molecule has 1 aromatic heterocycles. The van der Waals surface area contributed by atoms with Crippen LogP contribution in [-0.2, 0) is 12.6 Å². The smallest absolute Gasteiger partial charge is 0.352 e. The zero-order chi connectivity index (χ0) is 19.4. The van der Waals surface area contributed by atoms with Crippen molar-refractivity contribution in [3.8, 4) is 11.4 Å². The fourth-order valence-electron chi connectivity index (χ4n) is 2.49. The van der Waals surface area contributed by atoms with Crippen LogP contribution in [0.2, 0.25) is 0 Å². The molecule has 0 spiro atoms. The minimum Gasteiger partial charge on any atom is -0.352 e. The molecule has 1 N–H and O–H groups in total. The predicted octanol–water partition coefficient (Wildman–Crippen LogP) is 4.04. The van der Waals surface area contributed by atoms with Crippen molar-refractivity contribution in [2.75, 3.05) is 6.54 Å². The first-order valence-corrected chi connectivity index (χ1v) is 8.18. The molecule has 0 aliphatic rings. The van der Waals surface area contributed by atoms with Crippen LogP contribution in [0.4, 0.5) is 13.2 Å². The lowest BCUT2D eigenvalue weighted by atomic mass is 10.1. The largest absolute Gasteiger partial charge is 0.416 e. The number of amides is 1. The number of benzene rings is 2. The van der Waals surface area contributed by atoms with Crippen LogP contribution in [0, 0.1) is 6.92 Å². The number of alkyl halides is 3. The maximum atomic E-state index is 12.5. The highest BCUT2D eigenvalue weighted by atomic mass is 19.4. The van der Waals surface area contributed by atoms with E-state index in [1.165, 1.54) is 0 Å².